The molecule has 0 aliphatic carbocycles. The number of amides is 3. The van der Waals surface area contributed by atoms with Crippen molar-refractivity contribution >= 4 is 44.4 Å². The first kappa shape index (κ1) is 34.9. The van der Waals surface area contributed by atoms with Crippen LogP contribution in [0.5, 0.6) is 0 Å². The van der Waals surface area contributed by atoms with Gasteiger partial charge in [-0.05, 0) is 92.3 Å². The Balaban J connectivity index is 1.16. The highest BCUT2D eigenvalue weighted by Crippen LogP contribution is 2.29. The van der Waals surface area contributed by atoms with E-state index in [4.69, 9.17) is 4.74 Å². The fraction of sp³-hybridized carbons (Fsp3) is 0.359. The van der Waals surface area contributed by atoms with E-state index in [9.17, 15) is 22.8 Å². The predicted molar refractivity (Wildman–Crippen MR) is 193 cm³/mol. The number of carbonyl (C=O) groups excluding carboxylic acids is 3. The van der Waals surface area contributed by atoms with Crippen molar-refractivity contribution in [3.05, 3.63) is 107 Å². The van der Waals surface area contributed by atoms with Crippen LogP contribution >= 0.6 is 0 Å². The maximum absolute atomic E-state index is 14.2. The minimum Gasteiger partial charge on any atom is -0.444 e. The van der Waals surface area contributed by atoms with Crippen LogP contribution in [0.3, 0.4) is 0 Å². The monoisotopic (exact) mass is 696 g/mol. The molecule has 2 aliphatic heterocycles. The number of nitrogens with zero attached hydrogens (tertiary/aromatic N) is 2. The number of hydrogen-bond donors (Lipinski definition) is 2. The Hall–Kier alpha value is -4.90. The quantitative estimate of drug-likeness (QED) is 0.227. The van der Waals surface area contributed by atoms with Gasteiger partial charge in [-0.3, -0.25) is 14.3 Å². The van der Waals surface area contributed by atoms with Gasteiger partial charge in [0.25, 0.3) is 10.0 Å². The first-order chi connectivity index (χ1) is 23.7. The third kappa shape index (κ3) is 8.27. The summed E-state index contributed by atoms with van der Waals surface area (Å²) in [6.07, 6.45) is 0.859. The van der Waals surface area contributed by atoms with Crippen LogP contribution in [0.25, 0.3) is 10.8 Å². The minimum absolute atomic E-state index is 0.170. The summed E-state index contributed by atoms with van der Waals surface area (Å²) in [5.41, 5.74) is 3.46. The highest BCUT2D eigenvalue weighted by Gasteiger charge is 2.35. The van der Waals surface area contributed by atoms with Gasteiger partial charge in [0.1, 0.15) is 11.6 Å². The largest absolute Gasteiger partial charge is 0.444 e. The average Bonchev–Trinajstić information content (AvgIpc) is 3.50. The highest BCUT2D eigenvalue weighted by molar-refractivity contribution is 7.92. The second kappa shape index (κ2) is 14.1. The maximum atomic E-state index is 14.2. The normalized spacial score (nSPS) is 15.8. The van der Waals surface area contributed by atoms with Crippen LogP contribution in [0.4, 0.5) is 10.5 Å². The number of likely N-dealkylation sites (tertiary alicyclic amines) is 1. The summed E-state index contributed by atoms with van der Waals surface area (Å²) in [6.45, 7) is 8.79. The topological polar surface area (TPSA) is 125 Å². The number of anilines is 1. The molecule has 11 heteroatoms. The van der Waals surface area contributed by atoms with E-state index in [1.54, 1.807) is 46.2 Å². The third-order valence-corrected chi connectivity index (χ3v) is 10.6. The van der Waals surface area contributed by atoms with Gasteiger partial charge in [0.15, 0.2) is 0 Å². The molecule has 0 unspecified atom stereocenters. The van der Waals surface area contributed by atoms with E-state index in [-0.39, 0.29) is 35.3 Å². The SMILES string of the molecule is Cc1ccc(S(=O)(=O)Nc2ccc3c(c2)CN(C(=O)[C@@H](Cc2ccc4ccccc4c2)NC(=O)C2CCN(C(=O)OC(C)(C)C)CC2)C3)cc1. The second-order valence-electron chi connectivity index (χ2n) is 14.3. The van der Waals surface area contributed by atoms with Gasteiger partial charge in [-0.1, -0.05) is 66.2 Å². The number of sulfonamides is 1. The Morgan fingerprint density at radius 3 is 2.22 bits per heavy atom. The van der Waals surface area contributed by atoms with Gasteiger partial charge in [0.2, 0.25) is 11.8 Å². The van der Waals surface area contributed by atoms with Crippen LogP contribution in [-0.4, -0.2) is 60.9 Å². The fourth-order valence-corrected chi connectivity index (χ4v) is 7.56. The van der Waals surface area contributed by atoms with Crippen molar-refractivity contribution in [2.75, 3.05) is 17.8 Å². The van der Waals surface area contributed by atoms with Gasteiger partial charge >= 0.3 is 6.09 Å². The lowest BCUT2D eigenvalue weighted by molar-refractivity contribution is -0.138. The molecule has 1 saturated heterocycles. The van der Waals surface area contributed by atoms with Crippen molar-refractivity contribution in [2.24, 2.45) is 5.92 Å². The van der Waals surface area contributed by atoms with Gasteiger partial charge < -0.3 is 19.9 Å². The standard InChI is InChI=1S/C39H44N4O6S/c1-26-9-15-34(16-10-26)50(47,48)41-33-14-13-31-24-43(25-32(31)23-33)37(45)35(22-27-11-12-28-7-5-6-8-30(28)21-27)40-36(44)29-17-19-42(20-18-29)38(46)49-39(2,3)4/h5-16,21,23,29,35,41H,17-20,22,24-25H2,1-4H3,(H,40,44)/t35-/m1/s1. The van der Waals surface area contributed by atoms with Crippen LogP contribution in [0.2, 0.25) is 0 Å². The molecule has 1 atom stereocenters. The maximum Gasteiger partial charge on any atom is 0.410 e. The van der Waals surface area contributed by atoms with Crippen molar-refractivity contribution < 1.29 is 27.5 Å². The molecule has 0 bridgehead atoms. The molecule has 3 amide bonds. The number of piperidine rings is 1. The summed E-state index contributed by atoms with van der Waals surface area (Å²) < 4.78 is 34.2. The molecule has 2 heterocycles. The van der Waals surface area contributed by atoms with Crippen molar-refractivity contribution in [2.45, 2.75) is 76.6 Å². The lowest BCUT2D eigenvalue weighted by Crippen LogP contribution is -2.51. The van der Waals surface area contributed by atoms with E-state index < -0.39 is 21.7 Å². The Kier molecular flexibility index (Phi) is 9.89. The van der Waals surface area contributed by atoms with Crippen molar-refractivity contribution in [1.82, 2.24) is 15.1 Å². The smallest absolute Gasteiger partial charge is 0.410 e. The van der Waals surface area contributed by atoms with Crippen molar-refractivity contribution in [3.63, 3.8) is 0 Å². The van der Waals surface area contributed by atoms with Gasteiger partial charge in [0, 0.05) is 44.2 Å². The zero-order chi connectivity index (χ0) is 35.6. The number of benzene rings is 4. The molecule has 2 aliphatic rings. The minimum atomic E-state index is -3.79. The molecule has 50 heavy (non-hydrogen) atoms. The Morgan fingerprint density at radius 2 is 1.52 bits per heavy atom. The molecule has 0 aromatic heterocycles. The number of carbonyl (C=O) groups is 3. The zero-order valence-electron chi connectivity index (χ0n) is 28.9. The van der Waals surface area contributed by atoms with Gasteiger partial charge in [-0.25, -0.2) is 13.2 Å². The molecular weight excluding hydrogens is 653 g/mol. The number of aryl methyl sites for hydroxylation is 1. The molecule has 0 spiro atoms. The zero-order valence-corrected chi connectivity index (χ0v) is 29.8. The van der Waals surface area contributed by atoms with E-state index in [1.807, 2.05) is 76.2 Å². The van der Waals surface area contributed by atoms with Crippen LogP contribution in [0, 0.1) is 12.8 Å². The van der Waals surface area contributed by atoms with Crippen LogP contribution < -0.4 is 10.0 Å². The van der Waals surface area contributed by atoms with E-state index in [0.717, 1.165) is 33.0 Å². The molecule has 0 saturated carbocycles. The Labute approximate surface area is 293 Å². The van der Waals surface area contributed by atoms with Crippen LogP contribution in [-0.2, 0) is 43.9 Å². The van der Waals surface area contributed by atoms with Gasteiger partial charge in [-0.2, -0.15) is 0 Å². The van der Waals surface area contributed by atoms with Crippen LogP contribution in [0.15, 0.2) is 89.8 Å². The molecule has 2 N–H and O–H groups in total. The Morgan fingerprint density at radius 1 is 0.840 bits per heavy atom. The summed E-state index contributed by atoms with van der Waals surface area (Å²) in [7, 11) is -3.79. The fourth-order valence-electron chi connectivity index (χ4n) is 6.51. The molecule has 0 radical (unpaired) electrons. The number of ether oxygens (including phenoxy) is 1. The van der Waals surface area contributed by atoms with Gasteiger partial charge in [-0.15, -0.1) is 0 Å². The number of rotatable bonds is 8. The summed E-state index contributed by atoms with van der Waals surface area (Å²) in [5.74, 6) is -0.770. The highest BCUT2D eigenvalue weighted by atomic mass is 32.2. The second-order valence-corrected chi connectivity index (χ2v) is 16.0. The van der Waals surface area contributed by atoms with Crippen molar-refractivity contribution in [1.29, 1.82) is 0 Å². The van der Waals surface area contributed by atoms with E-state index in [0.29, 0.717) is 44.6 Å². The van der Waals surface area contributed by atoms with Gasteiger partial charge in [0.05, 0.1) is 4.90 Å². The first-order valence-electron chi connectivity index (χ1n) is 17.0. The molecule has 262 valence electrons. The number of hydrogen-bond acceptors (Lipinski definition) is 6. The van der Waals surface area contributed by atoms with Crippen LogP contribution in [0.1, 0.15) is 55.9 Å². The third-order valence-electron chi connectivity index (χ3n) is 9.21. The van der Waals surface area contributed by atoms with E-state index in [2.05, 4.69) is 10.0 Å². The lowest BCUT2D eigenvalue weighted by Gasteiger charge is -2.33. The summed E-state index contributed by atoms with van der Waals surface area (Å²) in [6, 6.07) is 25.2. The summed E-state index contributed by atoms with van der Waals surface area (Å²) >= 11 is 0. The lowest BCUT2D eigenvalue weighted by atomic mass is 9.94. The summed E-state index contributed by atoms with van der Waals surface area (Å²) in [4.78, 5) is 44.0. The molecule has 4 aromatic rings. The predicted octanol–water partition coefficient (Wildman–Crippen LogP) is 6.17. The molecular formula is C39H44N4O6S. The molecule has 1 fully saturated rings. The molecule has 6 rings (SSSR count). The Bertz CT molecular complexity index is 2010. The van der Waals surface area contributed by atoms with E-state index in [1.165, 1.54) is 0 Å². The first-order valence-corrected chi connectivity index (χ1v) is 18.5. The number of fused-ring (bicyclic) bond motifs is 2. The van der Waals surface area contributed by atoms with Crippen molar-refractivity contribution in [3.8, 4) is 0 Å². The molecule has 4 aromatic carbocycles. The number of nitrogens with one attached hydrogen (secondary N) is 2. The summed E-state index contributed by atoms with van der Waals surface area (Å²) in [5, 5.41) is 5.21. The van der Waals surface area contributed by atoms with E-state index >= 15 is 0 Å². The average molecular weight is 697 g/mol. The molecule has 10 nitrogen and oxygen atoms in total.